The van der Waals surface area contributed by atoms with E-state index in [1.807, 2.05) is 6.92 Å². The van der Waals surface area contributed by atoms with Crippen LogP contribution in [0, 0.1) is 51.8 Å². The Labute approximate surface area is 212 Å². The fourth-order valence-corrected chi connectivity index (χ4v) is 10.2. The van der Waals surface area contributed by atoms with Crippen molar-refractivity contribution in [1.82, 2.24) is 9.78 Å². The number of hydrogen-bond acceptors (Lipinski definition) is 4. The zero-order chi connectivity index (χ0) is 25.1. The maximum Gasteiger partial charge on any atom is 0.102 e. The van der Waals surface area contributed by atoms with Crippen molar-refractivity contribution in [3.8, 4) is 6.07 Å². The van der Waals surface area contributed by atoms with Gasteiger partial charge in [0, 0.05) is 6.20 Å². The summed E-state index contributed by atoms with van der Waals surface area (Å²) >= 11 is 0. The predicted molar refractivity (Wildman–Crippen MR) is 137 cm³/mol. The monoisotopic (exact) mass is 481 g/mol. The van der Waals surface area contributed by atoms with Crippen LogP contribution >= 0.6 is 0 Å². The minimum absolute atomic E-state index is 0.148. The summed E-state index contributed by atoms with van der Waals surface area (Å²) in [6.45, 7) is 9.73. The highest BCUT2D eigenvalue weighted by atomic mass is 16.3. The lowest BCUT2D eigenvalue weighted by atomic mass is 9.40. The van der Waals surface area contributed by atoms with Crippen LogP contribution in [-0.4, -0.2) is 31.2 Å². The van der Waals surface area contributed by atoms with E-state index in [0.717, 1.165) is 43.9 Å². The number of aliphatic hydroxyl groups is 2. The molecule has 5 nitrogen and oxygen atoms in total. The zero-order valence-electron chi connectivity index (χ0n) is 22.5. The highest BCUT2D eigenvalue weighted by Gasteiger charge is 2.61. The van der Waals surface area contributed by atoms with E-state index < -0.39 is 11.2 Å². The van der Waals surface area contributed by atoms with E-state index in [2.05, 4.69) is 31.9 Å². The second-order valence-electron chi connectivity index (χ2n) is 13.8. The zero-order valence-corrected chi connectivity index (χ0v) is 22.5. The van der Waals surface area contributed by atoms with Crippen LogP contribution in [-0.2, 0) is 6.54 Å². The summed E-state index contributed by atoms with van der Waals surface area (Å²) in [6.07, 6.45) is 17.2. The first-order valence-corrected chi connectivity index (χ1v) is 14.4. The molecule has 5 heteroatoms. The molecule has 2 N–H and O–H groups in total. The van der Waals surface area contributed by atoms with E-state index in [9.17, 15) is 15.5 Å². The number of aromatic nitrogens is 2. The lowest BCUT2D eigenvalue weighted by Gasteiger charge is -2.65. The van der Waals surface area contributed by atoms with Gasteiger partial charge >= 0.3 is 0 Å². The molecule has 0 aliphatic heterocycles. The molecule has 0 unspecified atom stereocenters. The van der Waals surface area contributed by atoms with Crippen LogP contribution in [0.25, 0.3) is 0 Å². The topological polar surface area (TPSA) is 82.1 Å². The molecule has 1 aromatic rings. The SMILES string of the molecule is CCC[C@@]1(O)CC[C@@]2(C)[C@H](CC[C@@H]3[C@@H]2CC[C@@]2(C)[C@H]3CCC[C@@H]2[C@](C)(O)Cn2cc(C#N)cn2)C1. The molecule has 0 aromatic carbocycles. The first kappa shape index (κ1) is 25.3. The van der Waals surface area contributed by atoms with Crippen molar-refractivity contribution < 1.29 is 10.2 Å². The van der Waals surface area contributed by atoms with Gasteiger partial charge in [-0.25, -0.2) is 0 Å². The van der Waals surface area contributed by atoms with Gasteiger partial charge < -0.3 is 10.2 Å². The highest BCUT2D eigenvalue weighted by molar-refractivity contribution is 5.21. The molecule has 9 atom stereocenters. The summed E-state index contributed by atoms with van der Waals surface area (Å²) in [5, 5.41) is 36.6. The van der Waals surface area contributed by atoms with E-state index in [4.69, 9.17) is 0 Å². The Hall–Kier alpha value is -1.38. The van der Waals surface area contributed by atoms with Gasteiger partial charge in [-0.1, -0.05) is 33.6 Å². The minimum Gasteiger partial charge on any atom is -0.390 e. The van der Waals surface area contributed by atoms with Crippen molar-refractivity contribution in [3.63, 3.8) is 0 Å². The molecule has 0 radical (unpaired) electrons. The standard InChI is InChI=1S/C30H47N3O2/c1-5-12-30(35)15-14-27(2)22(16-30)9-10-23-24-7-6-8-26(28(24,3)13-11-25(23)27)29(4,34)20-33-19-21(17-31)18-32-33/h18-19,22-26,34-35H,5-16,20H2,1-4H3/t22-,23+,24+,25+,26+,27+,28+,29-,30-/m1/s1. The molecule has 0 bridgehead atoms. The number of nitriles is 1. The molecule has 194 valence electrons. The summed E-state index contributed by atoms with van der Waals surface area (Å²) in [5.74, 6) is 3.10. The normalized spacial score (nSPS) is 44.9. The molecule has 0 amide bonds. The molecule has 0 spiro atoms. The highest BCUT2D eigenvalue weighted by Crippen LogP contribution is 2.68. The van der Waals surface area contributed by atoms with Crippen LogP contribution in [0.4, 0.5) is 0 Å². The van der Waals surface area contributed by atoms with E-state index in [1.54, 1.807) is 17.1 Å². The van der Waals surface area contributed by atoms with Crippen molar-refractivity contribution >= 4 is 0 Å². The summed E-state index contributed by atoms with van der Waals surface area (Å²) in [4.78, 5) is 0. The molecular formula is C30H47N3O2. The Morgan fingerprint density at radius 3 is 2.60 bits per heavy atom. The minimum atomic E-state index is -0.846. The molecule has 0 saturated heterocycles. The molecule has 4 saturated carbocycles. The molecule has 1 heterocycles. The van der Waals surface area contributed by atoms with Gasteiger partial charge in [-0.15, -0.1) is 0 Å². The molecule has 35 heavy (non-hydrogen) atoms. The van der Waals surface area contributed by atoms with Gasteiger partial charge in [0.1, 0.15) is 6.07 Å². The average Bonchev–Trinajstić information content (AvgIpc) is 3.25. The Morgan fingerprint density at radius 1 is 1.11 bits per heavy atom. The summed E-state index contributed by atoms with van der Waals surface area (Å²) in [7, 11) is 0. The molecule has 5 rings (SSSR count). The molecule has 4 fully saturated rings. The molecule has 4 aliphatic carbocycles. The fraction of sp³-hybridized carbons (Fsp3) is 0.867. The van der Waals surface area contributed by atoms with Gasteiger partial charge in [0.15, 0.2) is 0 Å². The Bertz CT molecular complexity index is 965. The van der Waals surface area contributed by atoms with Crippen molar-refractivity contribution in [2.24, 2.45) is 40.4 Å². The fourth-order valence-electron chi connectivity index (χ4n) is 10.2. The third-order valence-corrected chi connectivity index (χ3v) is 11.8. The number of rotatable bonds is 5. The third kappa shape index (κ3) is 4.17. The van der Waals surface area contributed by atoms with Crippen LogP contribution in [0.3, 0.4) is 0 Å². The molecule has 4 aliphatic rings. The van der Waals surface area contributed by atoms with Crippen LogP contribution in [0.15, 0.2) is 12.4 Å². The number of hydrogen-bond donors (Lipinski definition) is 2. The largest absolute Gasteiger partial charge is 0.390 e. The van der Waals surface area contributed by atoms with E-state index in [-0.39, 0.29) is 11.3 Å². The van der Waals surface area contributed by atoms with Crippen molar-refractivity contribution in [2.45, 2.75) is 122 Å². The third-order valence-electron chi connectivity index (χ3n) is 11.8. The van der Waals surface area contributed by atoms with Crippen LogP contribution in [0.1, 0.15) is 110 Å². The molecule has 1 aromatic heterocycles. The van der Waals surface area contributed by atoms with Gasteiger partial charge in [-0.2, -0.15) is 10.4 Å². The summed E-state index contributed by atoms with van der Waals surface area (Å²) < 4.78 is 1.77. The van der Waals surface area contributed by atoms with Crippen molar-refractivity contribution in [3.05, 3.63) is 18.0 Å². The van der Waals surface area contributed by atoms with Gasteiger partial charge in [0.25, 0.3) is 0 Å². The summed E-state index contributed by atoms with van der Waals surface area (Å²) in [6, 6.07) is 2.15. The van der Waals surface area contributed by atoms with Crippen molar-refractivity contribution in [2.75, 3.05) is 0 Å². The average molecular weight is 482 g/mol. The van der Waals surface area contributed by atoms with Crippen LogP contribution < -0.4 is 0 Å². The number of nitrogens with zero attached hydrogens (tertiary/aromatic N) is 3. The summed E-state index contributed by atoms with van der Waals surface area (Å²) in [5.41, 5.74) is -0.210. The lowest BCUT2D eigenvalue weighted by Crippen LogP contribution is -2.60. The molecular weight excluding hydrogens is 434 g/mol. The Morgan fingerprint density at radius 2 is 1.89 bits per heavy atom. The quantitative estimate of drug-likeness (QED) is 0.533. The van der Waals surface area contributed by atoms with Crippen LogP contribution in [0.5, 0.6) is 0 Å². The maximum absolute atomic E-state index is 11.8. The van der Waals surface area contributed by atoms with Crippen LogP contribution in [0.2, 0.25) is 0 Å². The lowest BCUT2D eigenvalue weighted by molar-refractivity contribution is -0.192. The van der Waals surface area contributed by atoms with Gasteiger partial charge in [-0.3, -0.25) is 4.68 Å². The van der Waals surface area contributed by atoms with E-state index in [0.29, 0.717) is 29.4 Å². The maximum atomic E-state index is 11.8. The Balaban J connectivity index is 1.36. The second-order valence-corrected chi connectivity index (χ2v) is 13.8. The van der Waals surface area contributed by atoms with Crippen molar-refractivity contribution in [1.29, 1.82) is 5.26 Å². The Kier molecular flexibility index (Phi) is 6.41. The van der Waals surface area contributed by atoms with Gasteiger partial charge in [0.2, 0.25) is 0 Å². The predicted octanol–water partition coefficient (Wildman–Crippen LogP) is 6.09. The first-order chi connectivity index (χ1) is 16.5. The van der Waals surface area contributed by atoms with Gasteiger partial charge in [-0.05, 0) is 112 Å². The smallest absolute Gasteiger partial charge is 0.102 e. The first-order valence-electron chi connectivity index (χ1n) is 14.4. The van der Waals surface area contributed by atoms with E-state index in [1.165, 1.54) is 44.9 Å². The van der Waals surface area contributed by atoms with E-state index >= 15 is 0 Å². The number of fused-ring (bicyclic) bond motifs is 5. The second kappa shape index (κ2) is 8.88. The van der Waals surface area contributed by atoms with Gasteiger partial charge in [0.05, 0.1) is 29.5 Å².